The third-order valence-electron chi connectivity index (χ3n) is 2.87. The van der Waals surface area contributed by atoms with Gasteiger partial charge in [0.15, 0.2) is 0 Å². The van der Waals surface area contributed by atoms with E-state index in [-0.39, 0.29) is 0 Å². The number of hydrogen-bond donors (Lipinski definition) is 0. The van der Waals surface area contributed by atoms with Crippen LogP contribution in [0.15, 0.2) is 9.98 Å². The monoisotopic (exact) mass is 454 g/mol. The summed E-state index contributed by atoms with van der Waals surface area (Å²) >= 11 is 0. The van der Waals surface area contributed by atoms with Crippen molar-refractivity contribution in [1.29, 1.82) is 0 Å². The van der Waals surface area contributed by atoms with Crippen LogP contribution in [0.4, 0.5) is 52.7 Å². The summed E-state index contributed by atoms with van der Waals surface area (Å²) in [4.78, 5) is 26.6. The van der Waals surface area contributed by atoms with Gasteiger partial charge in [0.1, 0.15) is 11.4 Å². The quantitative estimate of drug-likeness (QED) is 0.423. The van der Waals surface area contributed by atoms with Crippen molar-refractivity contribution in [2.45, 2.75) is 50.5 Å². The molecule has 0 amide bonds. The SMILES string of the molecule is CC(CN=C(CC(=O)C(F)(F)F)C(F)(F)F)N=C(CC(=O)C(F)(F)F)C(F)(F)F. The van der Waals surface area contributed by atoms with Gasteiger partial charge < -0.3 is 0 Å². The zero-order valence-corrected chi connectivity index (χ0v) is 13.9. The Bertz CT molecular complexity index is 667. The normalized spacial score (nSPS) is 16.0. The van der Waals surface area contributed by atoms with Crippen molar-refractivity contribution in [2.75, 3.05) is 6.54 Å². The third-order valence-corrected chi connectivity index (χ3v) is 2.87. The maximum Gasteiger partial charge on any atom is 0.450 e. The zero-order chi connectivity index (χ0) is 23.4. The molecule has 0 aliphatic heterocycles. The molecule has 0 aromatic carbocycles. The van der Waals surface area contributed by atoms with E-state index in [1.807, 2.05) is 0 Å². The smallest absolute Gasteiger partial charge is 0.289 e. The summed E-state index contributed by atoms with van der Waals surface area (Å²) in [5, 5.41) is 0. The number of halogens is 12. The molecule has 29 heavy (non-hydrogen) atoms. The lowest BCUT2D eigenvalue weighted by molar-refractivity contribution is -0.170. The van der Waals surface area contributed by atoms with Crippen LogP contribution in [0.2, 0.25) is 0 Å². The second-order valence-corrected chi connectivity index (χ2v) is 5.40. The Morgan fingerprint density at radius 3 is 1.31 bits per heavy atom. The Morgan fingerprint density at radius 1 is 0.655 bits per heavy atom. The second-order valence-electron chi connectivity index (χ2n) is 5.40. The Balaban J connectivity index is 5.61. The van der Waals surface area contributed by atoms with Gasteiger partial charge in [-0.05, 0) is 6.92 Å². The molecule has 168 valence electrons. The Hall–Kier alpha value is -2.16. The highest BCUT2D eigenvalue weighted by Gasteiger charge is 2.46. The number of carbonyl (C=O) groups is 2. The molecule has 0 aromatic heterocycles. The van der Waals surface area contributed by atoms with Gasteiger partial charge in [-0.1, -0.05) is 0 Å². The molecule has 0 rings (SSSR count). The minimum atomic E-state index is -5.63. The molecular weight excluding hydrogens is 444 g/mol. The van der Waals surface area contributed by atoms with E-state index in [4.69, 9.17) is 0 Å². The van der Waals surface area contributed by atoms with Crippen molar-refractivity contribution in [1.82, 2.24) is 0 Å². The van der Waals surface area contributed by atoms with E-state index in [2.05, 4.69) is 9.98 Å². The molecule has 0 saturated carbocycles. The van der Waals surface area contributed by atoms with E-state index in [1.54, 1.807) is 0 Å². The lowest BCUT2D eigenvalue weighted by atomic mass is 10.1. The Labute approximate surface area is 153 Å². The van der Waals surface area contributed by atoms with Crippen LogP contribution in [-0.4, -0.2) is 60.3 Å². The third kappa shape index (κ3) is 9.74. The molecule has 16 heteroatoms. The van der Waals surface area contributed by atoms with Crippen molar-refractivity contribution < 1.29 is 62.3 Å². The average Bonchev–Trinajstić information content (AvgIpc) is 2.46. The van der Waals surface area contributed by atoms with Crippen LogP contribution >= 0.6 is 0 Å². The first-order valence-electron chi connectivity index (χ1n) is 7.10. The summed E-state index contributed by atoms with van der Waals surface area (Å²) in [7, 11) is 0. The van der Waals surface area contributed by atoms with E-state index in [0.717, 1.165) is 0 Å². The number of carbonyl (C=O) groups excluding carboxylic acids is 2. The molecule has 0 aliphatic rings. The Kier molecular flexibility index (Phi) is 8.43. The molecular formula is C13H10F12N2O2. The number of ketones is 2. The summed E-state index contributed by atoms with van der Waals surface area (Å²) in [5.74, 6) is -5.65. The molecule has 0 fully saturated rings. The van der Waals surface area contributed by atoms with E-state index >= 15 is 0 Å². The maximum absolute atomic E-state index is 12.7. The zero-order valence-electron chi connectivity index (χ0n) is 13.9. The number of hydrogen-bond acceptors (Lipinski definition) is 4. The van der Waals surface area contributed by atoms with Gasteiger partial charge in [-0.25, -0.2) is 0 Å². The standard InChI is InChI=1S/C13H10F12N2O2/c1-5(27-7(11(17,18)19)3-9(29)13(23,24)25)4-26-6(10(14,15)16)2-8(28)12(20,21)22/h5H,2-4H2,1H3. The van der Waals surface area contributed by atoms with Gasteiger partial charge in [-0.15, -0.1) is 0 Å². The molecule has 0 radical (unpaired) electrons. The van der Waals surface area contributed by atoms with Crippen molar-refractivity contribution in [3.8, 4) is 0 Å². The predicted octanol–water partition coefficient (Wildman–Crippen LogP) is 4.42. The molecule has 0 heterocycles. The van der Waals surface area contributed by atoms with Gasteiger partial charge >= 0.3 is 24.7 Å². The van der Waals surface area contributed by atoms with Crippen LogP contribution in [-0.2, 0) is 9.59 Å². The maximum atomic E-state index is 12.7. The van der Waals surface area contributed by atoms with E-state index in [0.29, 0.717) is 6.92 Å². The minimum Gasteiger partial charge on any atom is -0.289 e. The second kappa shape index (κ2) is 9.11. The van der Waals surface area contributed by atoms with E-state index in [9.17, 15) is 62.3 Å². The molecule has 0 saturated heterocycles. The number of aliphatic imine (C=N–C) groups is 2. The van der Waals surface area contributed by atoms with Crippen LogP contribution in [0.5, 0.6) is 0 Å². The van der Waals surface area contributed by atoms with Gasteiger partial charge in [0, 0.05) is 0 Å². The van der Waals surface area contributed by atoms with Crippen LogP contribution < -0.4 is 0 Å². The summed E-state index contributed by atoms with van der Waals surface area (Å²) < 4.78 is 148. The van der Waals surface area contributed by atoms with Gasteiger partial charge in [-0.2, -0.15) is 52.7 Å². The highest BCUT2D eigenvalue weighted by molar-refractivity contribution is 6.07. The molecule has 0 spiro atoms. The molecule has 0 bridgehead atoms. The van der Waals surface area contributed by atoms with Crippen molar-refractivity contribution in [3.63, 3.8) is 0 Å². The van der Waals surface area contributed by atoms with Crippen LogP contribution in [0.25, 0.3) is 0 Å². The summed E-state index contributed by atoms with van der Waals surface area (Å²) in [6, 6.07) is -1.91. The fraction of sp³-hybridized carbons (Fsp3) is 0.692. The van der Waals surface area contributed by atoms with Crippen molar-refractivity contribution >= 4 is 23.0 Å². The fourth-order valence-corrected chi connectivity index (χ4v) is 1.52. The predicted molar refractivity (Wildman–Crippen MR) is 72.7 cm³/mol. The first-order valence-corrected chi connectivity index (χ1v) is 7.10. The summed E-state index contributed by atoms with van der Waals surface area (Å²) in [5.41, 5.74) is -4.52. The van der Waals surface area contributed by atoms with Crippen molar-refractivity contribution in [2.24, 2.45) is 9.98 Å². The highest BCUT2D eigenvalue weighted by Crippen LogP contribution is 2.27. The van der Waals surface area contributed by atoms with Gasteiger partial charge in [-0.3, -0.25) is 19.6 Å². The molecule has 1 atom stereocenters. The summed E-state index contributed by atoms with van der Waals surface area (Å²) in [6.07, 6.45) is -26.8. The van der Waals surface area contributed by atoms with E-state index in [1.165, 1.54) is 0 Å². The first kappa shape index (κ1) is 26.8. The fourth-order valence-electron chi connectivity index (χ4n) is 1.52. The molecule has 0 N–H and O–H groups in total. The van der Waals surface area contributed by atoms with Gasteiger partial charge in [0.25, 0.3) is 0 Å². The Morgan fingerprint density at radius 2 is 1.00 bits per heavy atom. The van der Waals surface area contributed by atoms with Gasteiger partial charge in [0.2, 0.25) is 11.6 Å². The summed E-state index contributed by atoms with van der Waals surface area (Å²) in [6.45, 7) is -0.688. The number of alkyl halides is 12. The number of nitrogens with zero attached hydrogens (tertiary/aromatic N) is 2. The minimum absolute atomic E-state index is 0.660. The average molecular weight is 454 g/mol. The number of rotatable bonds is 7. The molecule has 4 nitrogen and oxygen atoms in total. The lowest BCUT2D eigenvalue weighted by Crippen LogP contribution is -2.34. The van der Waals surface area contributed by atoms with Crippen molar-refractivity contribution in [3.05, 3.63) is 0 Å². The molecule has 0 aliphatic carbocycles. The topological polar surface area (TPSA) is 58.9 Å². The molecule has 1 unspecified atom stereocenters. The highest BCUT2D eigenvalue weighted by atomic mass is 19.4. The lowest BCUT2D eigenvalue weighted by Gasteiger charge is -2.15. The largest absolute Gasteiger partial charge is 0.450 e. The van der Waals surface area contributed by atoms with Crippen LogP contribution in [0.3, 0.4) is 0 Å². The first-order chi connectivity index (χ1) is 12.7. The number of Topliss-reactive ketones (excluding diaryl/α,β-unsaturated/α-hetero) is 2. The van der Waals surface area contributed by atoms with E-state index < -0.39 is 73.1 Å². The van der Waals surface area contributed by atoms with Crippen LogP contribution in [0.1, 0.15) is 19.8 Å². The van der Waals surface area contributed by atoms with Gasteiger partial charge in [0.05, 0.1) is 25.4 Å². The molecule has 0 aromatic rings. The van der Waals surface area contributed by atoms with Crippen LogP contribution in [0, 0.1) is 0 Å².